The standard InChI is InChI=1S/C21H22FNO4/c1-23(11-10-15-2-5-17(22)6-3-15)21(25)9-7-18(24)16-4-8-19-20(14-16)27-13-12-26-19/h2-6,8,14H,7,9-13H2,1H3. The maximum absolute atomic E-state index is 12.9. The molecule has 0 bridgehead atoms. The summed E-state index contributed by atoms with van der Waals surface area (Å²) in [7, 11) is 1.71. The van der Waals surface area contributed by atoms with E-state index in [1.807, 2.05) is 0 Å². The summed E-state index contributed by atoms with van der Waals surface area (Å²) in [6.45, 7) is 1.48. The highest BCUT2D eigenvalue weighted by atomic mass is 19.1. The molecule has 0 atom stereocenters. The molecule has 27 heavy (non-hydrogen) atoms. The lowest BCUT2D eigenvalue weighted by atomic mass is 10.1. The van der Waals surface area contributed by atoms with Crippen molar-refractivity contribution in [3.63, 3.8) is 0 Å². The number of carbonyl (C=O) groups is 2. The highest BCUT2D eigenvalue weighted by Gasteiger charge is 2.17. The van der Waals surface area contributed by atoms with E-state index in [0.717, 1.165) is 5.56 Å². The number of likely N-dealkylation sites (N-methyl/N-ethyl adjacent to an activating group) is 1. The van der Waals surface area contributed by atoms with Gasteiger partial charge in [-0.3, -0.25) is 9.59 Å². The van der Waals surface area contributed by atoms with E-state index < -0.39 is 0 Å². The minimum Gasteiger partial charge on any atom is -0.486 e. The van der Waals surface area contributed by atoms with Crippen molar-refractivity contribution in [2.45, 2.75) is 19.3 Å². The zero-order valence-electron chi connectivity index (χ0n) is 15.2. The molecule has 0 aromatic heterocycles. The molecule has 3 rings (SSSR count). The second kappa shape index (κ2) is 8.66. The van der Waals surface area contributed by atoms with E-state index in [2.05, 4.69) is 0 Å². The van der Waals surface area contributed by atoms with Crippen molar-refractivity contribution in [2.24, 2.45) is 0 Å². The summed E-state index contributed by atoms with van der Waals surface area (Å²) < 4.78 is 23.8. The van der Waals surface area contributed by atoms with Gasteiger partial charge in [-0.2, -0.15) is 0 Å². The number of fused-ring (bicyclic) bond motifs is 1. The first kappa shape index (κ1) is 18.9. The smallest absolute Gasteiger partial charge is 0.222 e. The molecule has 0 saturated heterocycles. The quantitative estimate of drug-likeness (QED) is 0.701. The third kappa shape index (κ3) is 5.06. The zero-order chi connectivity index (χ0) is 19.2. The average Bonchev–Trinajstić information content (AvgIpc) is 2.70. The number of ketones is 1. The van der Waals surface area contributed by atoms with Crippen molar-refractivity contribution in [2.75, 3.05) is 26.8 Å². The van der Waals surface area contributed by atoms with E-state index >= 15 is 0 Å². The van der Waals surface area contributed by atoms with Gasteiger partial charge in [0, 0.05) is 32.0 Å². The molecular formula is C21H22FNO4. The molecular weight excluding hydrogens is 349 g/mol. The van der Waals surface area contributed by atoms with E-state index in [1.54, 1.807) is 42.3 Å². The van der Waals surface area contributed by atoms with E-state index in [1.165, 1.54) is 12.1 Å². The summed E-state index contributed by atoms with van der Waals surface area (Å²) in [6, 6.07) is 11.3. The summed E-state index contributed by atoms with van der Waals surface area (Å²) >= 11 is 0. The average molecular weight is 371 g/mol. The van der Waals surface area contributed by atoms with E-state index in [-0.39, 0.29) is 30.3 Å². The first-order chi connectivity index (χ1) is 13.0. The molecule has 0 aliphatic carbocycles. The van der Waals surface area contributed by atoms with Gasteiger partial charge in [0.1, 0.15) is 19.0 Å². The minimum absolute atomic E-state index is 0.0944. The van der Waals surface area contributed by atoms with Gasteiger partial charge in [0.2, 0.25) is 5.91 Å². The molecule has 2 aromatic carbocycles. The van der Waals surface area contributed by atoms with Crippen LogP contribution < -0.4 is 9.47 Å². The molecule has 1 heterocycles. The van der Waals surface area contributed by atoms with Crippen molar-refractivity contribution in [1.29, 1.82) is 0 Å². The van der Waals surface area contributed by atoms with Gasteiger partial charge >= 0.3 is 0 Å². The molecule has 6 heteroatoms. The van der Waals surface area contributed by atoms with Gasteiger partial charge in [0.05, 0.1) is 0 Å². The number of rotatable bonds is 7. The van der Waals surface area contributed by atoms with Gasteiger partial charge in [0.25, 0.3) is 0 Å². The molecule has 0 saturated carbocycles. The van der Waals surface area contributed by atoms with Gasteiger partial charge in [-0.1, -0.05) is 12.1 Å². The van der Waals surface area contributed by atoms with Crippen LogP contribution >= 0.6 is 0 Å². The lowest BCUT2D eigenvalue weighted by Gasteiger charge is -2.19. The number of benzene rings is 2. The number of ether oxygens (including phenoxy) is 2. The van der Waals surface area contributed by atoms with Crippen LogP contribution in [0, 0.1) is 5.82 Å². The van der Waals surface area contributed by atoms with E-state index in [4.69, 9.17) is 9.47 Å². The topological polar surface area (TPSA) is 55.8 Å². The van der Waals surface area contributed by atoms with Crippen LogP contribution in [-0.2, 0) is 11.2 Å². The summed E-state index contributed by atoms with van der Waals surface area (Å²) in [6.07, 6.45) is 0.922. The molecule has 0 radical (unpaired) electrons. The largest absolute Gasteiger partial charge is 0.486 e. The SMILES string of the molecule is CN(CCc1ccc(F)cc1)C(=O)CCC(=O)c1ccc2c(c1)OCCO2. The fourth-order valence-electron chi connectivity index (χ4n) is 2.85. The first-order valence-electron chi connectivity index (χ1n) is 8.94. The number of hydrogen-bond donors (Lipinski definition) is 0. The predicted molar refractivity (Wildman–Crippen MR) is 98.7 cm³/mol. The Kier molecular flexibility index (Phi) is 6.06. The van der Waals surface area contributed by atoms with Crippen LogP contribution in [-0.4, -0.2) is 43.4 Å². The molecule has 0 N–H and O–H groups in total. The molecule has 0 fully saturated rings. The third-order valence-electron chi connectivity index (χ3n) is 4.50. The van der Waals surface area contributed by atoms with Crippen LogP contribution in [0.25, 0.3) is 0 Å². The number of amides is 1. The van der Waals surface area contributed by atoms with Crippen molar-refractivity contribution in [3.8, 4) is 11.5 Å². The minimum atomic E-state index is -0.277. The summed E-state index contributed by atoms with van der Waals surface area (Å²) in [5, 5.41) is 0. The molecule has 0 spiro atoms. The normalized spacial score (nSPS) is 12.5. The molecule has 5 nitrogen and oxygen atoms in total. The Labute approximate surface area is 157 Å². The summed E-state index contributed by atoms with van der Waals surface area (Å²) in [4.78, 5) is 26.2. The second-order valence-corrected chi connectivity index (χ2v) is 6.47. The van der Waals surface area contributed by atoms with Crippen LogP contribution in [0.15, 0.2) is 42.5 Å². The van der Waals surface area contributed by atoms with Crippen LogP contribution in [0.3, 0.4) is 0 Å². The van der Waals surface area contributed by atoms with Gasteiger partial charge in [0.15, 0.2) is 17.3 Å². The van der Waals surface area contributed by atoms with Gasteiger partial charge < -0.3 is 14.4 Å². The van der Waals surface area contributed by atoms with Gasteiger partial charge in [-0.25, -0.2) is 4.39 Å². The number of Topliss-reactive ketones (excluding diaryl/α,β-unsaturated/α-hetero) is 1. The molecule has 2 aromatic rings. The molecule has 0 unspecified atom stereocenters. The number of carbonyl (C=O) groups excluding carboxylic acids is 2. The van der Waals surface area contributed by atoms with Crippen LogP contribution in [0.2, 0.25) is 0 Å². The van der Waals surface area contributed by atoms with Crippen LogP contribution in [0.4, 0.5) is 4.39 Å². The van der Waals surface area contributed by atoms with Crippen molar-refractivity contribution in [3.05, 3.63) is 59.4 Å². The molecule has 1 amide bonds. The molecule has 1 aliphatic rings. The Morgan fingerprint density at radius 3 is 2.44 bits per heavy atom. The first-order valence-corrected chi connectivity index (χ1v) is 8.94. The number of hydrogen-bond acceptors (Lipinski definition) is 4. The highest BCUT2D eigenvalue weighted by molar-refractivity contribution is 5.98. The maximum atomic E-state index is 12.9. The Hall–Kier alpha value is -2.89. The Balaban J connectivity index is 1.47. The van der Waals surface area contributed by atoms with Crippen LogP contribution in [0.5, 0.6) is 11.5 Å². The summed E-state index contributed by atoms with van der Waals surface area (Å²) in [5.74, 6) is 0.723. The van der Waals surface area contributed by atoms with E-state index in [9.17, 15) is 14.0 Å². The fourth-order valence-corrected chi connectivity index (χ4v) is 2.85. The van der Waals surface area contributed by atoms with E-state index in [0.29, 0.717) is 43.2 Å². The third-order valence-corrected chi connectivity index (χ3v) is 4.50. The van der Waals surface area contributed by atoms with Crippen molar-refractivity contribution in [1.82, 2.24) is 4.90 Å². The fraction of sp³-hybridized carbons (Fsp3) is 0.333. The highest BCUT2D eigenvalue weighted by Crippen LogP contribution is 2.31. The molecule has 142 valence electrons. The van der Waals surface area contributed by atoms with Gasteiger partial charge in [-0.15, -0.1) is 0 Å². The zero-order valence-corrected chi connectivity index (χ0v) is 15.2. The Morgan fingerprint density at radius 1 is 1.00 bits per heavy atom. The Morgan fingerprint density at radius 2 is 1.70 bits per heavy atom. The predicted octanol–water partition coefficient (Wildman–Crippen LogP) is 3.26. The van der Waals surface area contributed by atoms with Crippen LogP contribution in [0.1, 0.15) is 28.8 Å². The molecule has 1 aliphatic heterocycles. The van der Waals surface area contributed by atoms with Crippen molar-refractivity contribution >= 4 is 11.7 Å². The summed E-state index contributed by atoms with van der Waals surface area (Å²) in [5.41, 5.74) is 1.48. The maximum Gasteiger partial charge on any atom is 0.222 e. The lowest BCUT2D eigenvalue weighted by Crippen LogP contribution is -2.29. The number of nitrogens with zero attached hydrogens (tertiary/aromatic N) is 1. The monoisotopic (exact) mass is 371 g/mol. The Bertz CT molecular complexity index is 819. The second-order valence-electron chi connectivity index (χ2n) is 6.47. The van der Waals surface area contributed by atoms with Crippen molar-refractivity contribution < 1.29 is 23.5 Å². The lowest BCUT2D eigenvalue weighted by molar-refractivity contribution is -0.129. The number of halogens is 1. The van der Waals surface area contributed by atoms with Gasteiger partial charge in [-0.05, 0) is 42.3 Å².